The second kappa shape index (κ2) is 34.1. The summed E-state index contributed by atoms with van der Waals surface area (Å²) in [5, 5.41) is 8.14. The van der Waals surface area contributed by atoms with Gasteiger partial charge in [-0.2, -0.15) is 0 Å². The van der Waals surface area contributed by atoms with Crippen molar-refractivity contribution in [2.45, 2.75) is 168 Å². The van der Waals surface area contributed by atoms with Gasteiger partial charge in [-0.15, -0.1) is 0 Å². The number of hydrogen-bond acceptors (Lipinski definition) is 7. The van der Waals surface area contributed by atoms with Gasteiger partial charge in [0.25, 0.3) is 5.24 Å². The number of carbonyl (C=O) groups excluding carboxylic acids is 2. The maximum absolute atomic E-state index is 12.9. The number of thioether (sulfide) groups is 1. The summed E-state index contributed by atoms with van der Waals surface area (Å²) in [5.74, 6) is 0.830. The molecule has 0 spiro atoms. The summed E-state index contributed by atoms with van der Waals surface area (Å²) in [4.78, 5) is 28.9. The molecule has 0 aliphatic heterocycles. The third-order valence-electron chi connectivity index (χ3n) is 8.28. The lowest BCUT2D eigenvalue weighted by Crippen LogP contribution is -2.35. The Morgan fingerprint density at radius 3 is 1.40 bits per heavy atom. The van der Waals surface area contributed by atoms with Crippen LogP contribution in [0.15, 0.2) is 0 Å². The van der Waals surface area contributed by atoms with Gasteiger partial charge in [0.2, 0.25) is 0 Å². The molecule has 0 radical (unpaired) electrons. The first-order valence-electron chi connectivity index (χ1n) is 18.8. The van der Waals surface area contributed by atoms with Crippen molar-refractivity contribution in [3.8, 4) is 0 Å². The molecule has 0 aromatic carbocycles. The average molecular weight is 656 g/mol. The molecule has 0 aliphatic carbocycles. The molecule has 45 heavy (non-hydrogen) atoms. The SMILES string of the molecule is CCCCCCCCCCCCCC(=N)OCCN(CCOC(=O)CCCCCCCCCCCCC)C(=O)SCCN(C)C. The molecule has 8 heteroatoms. The molecule has 0 aromatic rings. The topological polar surface area (TPSA) is 82.9 Å². The summed E-state index contributed by atoms with van der Waals surface area (Å²) in [6, 6.07) is 0. The first-order chi connectivity index (χ1) is 21.9. The molecule has 0 atom stereocenters. The molecule has 0 rings (SSSR count). The van der Waals surface area contributed by atoms with E-state index in [0.29, 0.717) is 44.2 Å². The van der Waals surface area contributed by atoms with Gasteiger partial charge in [0.15, 0.2) is 5.90 Å². The molecular formula is C37H73N3O4S. The highest BCUT2D eigenvalue weighted by atomic mass is 32.2. The fourth-order valence-electron chi connectivity index (χ4n) is 5.28. The van der Waals surface area contributed by atoms with Crippen molar-refractivity contribution >= 4 is 28.9 Å². The Morgan fingerprint density at radius 2 is 0.956 bits per heavy atom. The number of nitrogens with zero attached hydrogens (tertiary/aromatic N) is 2. The molecule has 1 N–H and O–H groups in total. The zero-order valence-corrected chi connectivity index (χ0v) is 31.0. The van der Waals surface area contributed by atoms with Crippen molar-refractivity contribution in [1.29, 1.82) is 5.41 Å². The number of rotatable bonds is 33. The van der Waals surface area contributed by atoms with Gasteiger partial charge in [-0.05, 0) is 26.9 Å². The Balaban J connectivity index is 4.10. The van der Waals surface area contributed by atoms with Crippen LogP contribution in [0, 0.1) is 5.41 Å². The molecular weight excluding hydrogens is 582 g/mol. The minimum atomic E-state index is -0.177. The van der Waals surface area contributed by atoms with E-state index in [0.717, 1.165) is 32.2 Å². The standard InChI is InChI=1S/C37H73N3O4S/c1-5-7-9-11-13-15-17-19-21-23-25-27-35(38)43-32-29-40(37(42)45-34-31-39(3)4)30-33-44-36(41)28-26-24-22-20-18-16-14-12-10-8-6-2/h38H,5-34H2,1-4H3. The summed E-state index contributed by atoms with van der Waals surface area (Å²) in [7, 11) is 3.99. The van der Waals surface area contributed by atoms with Crippen molar-refractivity contribution in [3.63, 3.8) is 0 Å². The largest absolute Gasteiger partial charge is 0.479 e. The van der Waals surface area contributed by atoms with Crippen molar-refractivity contribution in [1.82, 2.24) is 9.80 Å². The Bertz CT molecular complexity index is 649. The van der Waals surface area contributed by atoms with Crippen molar-refractivity contribution in [2.75, 3.05) is 52.7 Å². The van der Waals surface area contributed by atoms with Crippen molar-refractivity contribution < 1.29 is 19.1 Å². The lowest BCUT2D eigenvalue weighted by molar-refractivity contribution is -0.144. The van der Waals surface area contributed by atoms with Crippen LogP contribution in [-0.4, -0.2) is 79.6 Å². The van der Waals surface area contributed by atoms with E-state index in [-0.39, 0.29) is 17.8 Å². The third kappa shape index (κ3) is 32.5. The molecule has 0 aliphatic rings. The van der Waals surface area contributed by atoms with E-state index in [2.05, 4.69) is 18.7 Å². The molecule has 0 saturated carbocycles. The van der Waals surface area contributed by atoms with Crippen LogP contribution in [0.4, 0.5) is 4.79 Å². The van der Waals surface area contributed by atoms with Gasteiger partial charge in [0, 0.05) is 25.1 Å². The van der Waals surface area contributed by atoms with E-state index < -0.39 is 0 Å². The lowest BCUT2D eigenvalue weighted by Gasteiger charge is -2.22. The molecule has 0 aromatic heterocycles. The fourth-order valence-corrected chi connectivity index (χ4v) is 6.27. The molecule has 7 nitrogen and oxygen atoms in total. The van der Waals surface area contributed by atoms with Crippen LogP contribution in [0.1, 0.15) is 168 Å². The minimum Gasteiger partial charge on any atom is -0.479 e. The Kier molecular flexibility index (Phi) is 33.1. The molecule has 0 unspecified atom stereocenters. The molecule has 0 heterocycles. The fraction of sp³-hybridized carbons (Fsp3) is 0.919. The number of unbranched alkanes of at least 4 members (excludes halogenated alkanes) is 20. The van der Waals surface area contributed by atoms with E-state index in [9.17, 15) is 9.59 Å². The summed E-state index contributed by atoms with van der Waals surface area (Å²) in [6.07, 6.45) is 29.0. The Hall–Kier alpha value is -1.28. The lowest BCUT2D eigenvalue weighted by atomic mass is 10.1. The maximum Gasteiger partial charge on any atom is 0.305 e. The monoisotopic (exact) mass is 656 g/mol. The van der Waals surface area contributed by atoms with E-state index in [1.165, 1.54) is 127 Å². The van der Waals surface area contributed by atoms with Gasteiger partial charge >= 0.3 is 5.97 Å². The molecule has 0 fully saturated rings. The van der Waals surface area contributed by atoms with Crippen LogP contribution < -0.4 is 0 Å². The number of carbonyl (C=O) groups is 2. The maximum atomic E-state index is 12.9. The van der Waals surface area contributed by atoms with Gasteiger partial charge in [0.1, 0.15) is 13.2 Å². The second-order valence-electron chi connectivity index (χ2n) is 13.0. The van der Waals surface area contributed by atoms with Crippen molar-refractivity contribution in [3.05, 3.63) is 0 Å². The smallest absolute Gasteiger partial charge is 0.305 e. The van der Waals surface area contributed by atoms with E-state index in [1.54, 1.807) is 4.90 Å². The number of nitrogens with one attached hydrogen (secondary N) is 1. The normalized spacial score (nSPS) is 11.2. The molecule has 266 valence electrons. The summed E-state index contributed by atoms with van der Waals surface area (Å²) in [6.45, 7) is 6.58. The van der Waals surface area contributed by atoms with Crippen LogP contribution in [0.5, 0.6) is 0 Å². The molecule has 0 bridgehead atoms. The number of ether oxygens (including phenoxy) is 2. The number of amides is 1. The molecule has 0 saturated heterocycles. The molecule has 1 amide bonds. The quantitative estimate of drug-likeness (QED) is 0.0328. The van der Waals surface area contributed by atoms with Crippen molar-refractivity contribution in [2.24, 2.45) is 0 Å². The second-order valence-corrected chi connectivity index (χ2v) is 14.0. The third-order valence-corrected chi connectivity index (χ3v) is 9.17. The van der Waals surface area contributed by atoms with E-state index in [1.807, 2.05) is 14.1 Å². The van der Waals surface area contributed by atoms with E-state index >= 15 is 0 Å². The zero-order chi connectivity index (χ0) is 33.2. The van der Waals surface area contributed by atoms with Gasteiger partial charge in [-0.3, -0.25) is 15.0 Å². The first kappa shape index (κ1) is 43.7. The van der Waals surface area contributed by atoms with Crippen LogP contribution in [0.25, 0.3) is 0 Å². The highest BCUT2D eigenvalue weighted by Gasteiger charge is 2.16. The highest BCUT2D eigenvalue weighted by molar-refractivity contribution is 8.13. The predicted octanol–water partition coefficient (Wildman–Crippen LogP) is 10.6. The van der Waals surface area contributed by atoms with Crippen LogP contribution in [-0.2, 0) is 14.3 Å². The van der Waals surface area contributed by atoms with E-state index in [4.69, 9.17) is 14.9 Å². The van der Waals surface area contributed by atoms with Gasteiger partial charge in [0.05, 0.1) is 13.1 Å². The van der Waals surface area contributed by atoms with Crippen LogP contribution in [0.3, 0.4) is 0 Å². The minimum absolute atomic E-state index is 0.0289. The number of esters is 1. The van der Waals surface area contributed by atoms with Crippen LogP contribution in [0.2, 0.25) is 0 Å². The summed E-state index contributed by atoms with van der Waals surface area (Å²) in [5.41, 5.74) is 0. The zero-order valence-electron chi connectivity index (χ0n) is 30.1. The predicted molar refractivity (Wildman–Crippen MR) is 195 cm³/mol. The van der Waals surface area contributed by atoms with Gasteiger partial charge < -0.3 is 19.3 Å². The summed E-state index contributed by atoms with van der Waals surface area (Å²) < 4.78 is 11.1. The van der Waals surface area contributed by atoms with Gasteiger partial charge in [-0.25, -0.2) is 0 Å². The Morgan fingerprint density at radius 1 is 0.556 bits per heavy atom. The van der Waals surface area contributed by atoms with Gasteiger partial charge in [-0.1, -0.05) is 154 Å². The average Bonchev–Trinajstić information content (AvgIpc) is 3.01. The summed E-state index contributed by atoms with van der Waals surface area (Å²) >= 11 is 1.29. The Labute approximate surface area is 283 Å². The van der Waals surface area contributed by atoms with Crippen LogP contribution >= 0.6 is 11.8 Å². The first-order valence-corrected chi connectivity index (χ1v) is 19.8. The highest BCUT2D eigenvalue weighted by Crippen LogP contribution is 2.14. The number of hydrogen-bond donors (Lipinski definition) is 1.